The van der Waals surface area contributed by atoms with E-state index < -0.39 is 5.97 Å². The fraction of sp³-hybridized carbons (Fsp3) is 0.118. The molecular weight excluding hydrogens is 321 g/mol. The van der Waals surface area contributed by atoms with E-state index in [0.717, 1.165) is 22.0 Å². The maximum absolute atomic E-state index is 11.7. The Hall–Kier alpha value is -1.97. The summed E-state index contributed by atoms with van der Waals surface area (Å²) >= 11 is 12.0. The summed E-state index contributed by atoms with van der Waals surface area (Å²) in [5.41, 5.74) is 2.86. The van der Waals surface area contributed by atoms with Crippen molar-refractivity contribution in [3.8, 4) is 0 Å². The number of fused-ring (bicyclic) bond motifs is 1. The molecule has 0 unspecified atom stereocenters. The number of carbonyl (C=O) groups is 1. The zero-order valence-corrected chi connectivity index (χ0v) is 13.3. The number of benzene rings is 2. The van der Waals surface area contributed by atoms with Gasteiger partial charge in [0.25, 0.3) is 0 Å². The Kier molecular flexibility index (Phi) is 3.85. The summed E-state index contributed by atoms with van der Waals surface area (Å²) in [6.45, 7) is 2.25. The number of aromatic nitrogens is 1. The molecule has 1 heterocycles. The molecule has 22 heavy (non-hydrogen) atoms. The fourth-order valence-electron chi connectivity index (χ4n) is 2.74. The summed E-state index contributed by atoms with van der Waals surface area (Å²) in [5.74, 6) is -0.936. The highest BCUT2D eigenvalue weighted by atomic mass is 35.5. The van der Waals surface area contributed by atoms with Crippen LogP contribution in [0.4, 0.5) is 0 Å². The Balaban J connectivity index is 2.18. The third kappa shape index (κ3) is 2.47. The molecule has 0 spiro atoms. The summed E-state index contributed by atoms with van der Waals surface area (Å²) < 4.78 is 1.80. The molecule has 3 aromatic rings. The topological polar surface area (TPSA) is 42.2 Å². The van der Waals surface area contributed by atoms with Crippen LogP contribution < -0.4 is 0 Å². The van der Waals surface area contributed by atoms with Crippen LogP contribution in [0.5, 0.6) is 0 Å². The summed E-state index contributed by atoms with van der Waals surface area (Å²) in [6, 6.07) is 13.0. The quantitative estimate of drug-likeness (QED) is 0.732. The number of hydrogen-bond donors (Lipinski definition) is 1. The van der Waals surface area contributed by atoms with E-state index in [1.807, 2.05) is 37.3 Å². The van der Waals surface area contributed by atoms with Crippen LogP contribution in [0.2, 0.25) is 10.0 Å². The van der Waals surface area contributed by atoms with Gasteiger partial charge < -0.3 is 9.67 Å². The number of nitrogens with zero attached hydrogens (tertiary/aromatic N) is 1. The van der Waals surface area contributed by atoms with Crippen molar-refractivity contribution in [2.75, 3.05) is 0 Å². The minimum Gasteiger partial charge on any atom is -0.477 e. The standard InChI is InChI=1S/C17H13Cl2NO2/c1-10-12-4-2-3-5-15(12)20(16(10)17(21)22)9-11-6-7-13(18)14(19)8-11/h2-8H,9H2,1H3,(H,21,22). The molecule has 3 rings (SSSR count). The monoisotopic (exact) mass is 333 g/mol. The van der Waals surface area contributed by atoms with Crippen molar-refractivity contribution >= 4 is 40.1 Å². The number of aryl methyl sites for hydroxylation is 1. The van der Waals surface area contributed by atoms with Gasteiger partial charge in [0.05, 0.1) is 10.0 Å². The lowest BCUT2D eigenvalue weighted by Crippen LogP contribution is -2.10. The van der Waals surface area contributed by atoms with E-state index in [1.54, 1.807) is 16.7 Å². The van der Waals surface area contributed by atoms with E-state index >= 15 is 0 Å². The van der Waals surface area contributed by atoms with Crippen LogP contribution in [-0.4, -0.2) is 15.6 Å². The molecule has 0 radical (unpaired) electrons. The van der Waals surface area contributed by atoms with E-state index in [4.69, 9.17) is 23.2 Å². The number of carboxylic acids is 1. The highest BCUT2D eigenvalue weighted by Gasteiger charge is 2.19. The smallest absolute Gasteiger partial charge is 0.352 e. The summed E-state index contributed by atoms with van der Waals surface area (Å²) in [5, 5.41) is 11.4. The largest absolute Gasteiger partial charge is 0.477 e. The van der Waals surface area contributed by atoms with Crippen molar-refractivity contribution in [2.45, 2.75) is 13.5 Å². The second-order valence-electron chi connectivity index (χ2n) is 5.13. The lowest BCUT2D eigenvalue weighted by Gasteiger charge is -2.10. The van der Waals surface area contributed by atoms with Crippen molar-refractivity contribution in [1.29, 1.82) is 0 Å². The first kappa shape index (κ1) is 14.9. The van der Waals surface area contributed by atoms with E-state index in [0.29, 0.717) is 22.3 Å². The average molecular weight is 334 g/mol. The van der Waals surface area contributed by atoms with Gasteiger partial charge in [-0.2, -0.15) is 0 Å². The molecule has 0 bridgehead atoms. The third-order valence-corrected chi connectivity index (χ3v) is 4.49. The second kappa shape index (κ2) is 5.67. The summed E-state index contributed by atoms with van der Waals surface area (Å²) in [4.78, 5) is 11.7. The van der Waals surface area contributed by atoms with Gasteiger partial charge in [-0.3, -0.25) is 0 Å². The molecule has 0 saturated heterocycles. The van der Waals surface area contributed by atoms with Gasteiger partial charge in [-0.15, -0.1) is 0 Å². The Bertz CT molecular complexity index is 884. The van der Waals surface area contributed by atoms with Crippen LogP contribution >= 0.6 is 23.2 Å². The van der Waals surface area contributed by atoms with Crippen LogP contribution in [0, 0.1) is 6.92 Å². The van der Waals surface area contributed by atoms with Crippen LogP contribution in [0.25, 0.3) is 10.9 Å². The van der Waals surface area contributed by atoms with Crippen molar-refractivity contribution in [2.24, 2.45) is 0 Å². The molecule has 2 aromatic carbocycles. The first-order chi connectivity index (χ1) is 10.5. The van der Waals surface area contributed by atoms with Crippen LogP contribution in [0.3, 0.4) is 0 Å². The highest BCUT2D eigenvalue weighted by Crippen LogP contribution is 2.28. The first-order valence-electron chi connectivity index (χ1n) is 6.74. The van der Waals surface area contributed by atoms with Crippen molar-refractivity contribution in [3.63, 3.8) is 0 Å². The minimum absolute atomic E-state index is 0.298. The molecule has 0 amide bonds. The van der Waals surface area contributed by atoms with Crippen LogP contribution in [0.15, 0.2) is 42.5 Å². The van der Waals surface area contributed by atoms with Gasteiger partial charge in [-0.25, -0.2) is 4.79 Å². The zero-order chi connectivity index (χ0) is 15.9. The Morgan fingerprint density at radius 3 is 2.55 bits per heavy atom. The Labute approximate surface area is 137 Å². The molecule has 112 valence electrons. The maximum atomic E-state index is 11.7. The lowest BCUT2D eigenvalue weighted by atomic mass is 10.1. The molecule has 1 N–H and O–H groups in total. The van der Waals surface area contributed by atoms with Gasteiger partial charge in [0.1, 0.15) is 5.69 Å². The molecule has 0 atom stereocenters. The van der Waals surface area contributed by atoms with Gasteiger partial charge in [0.15, 0.2) is 0 Å². The van der Waals surface area contributed by atoms with E-state index in [2.05, 4.69) is 0 Å². The van der Waals surface area contributed by atoms with Crippen molar-refractivity contribution in [1.82, 2.24) is 4.57 Å². The van der Waals surface area contributed by atoms with Gasteiger partial charge in [0.2, 0.25) is 0 Å². The highest BCUT2D eigenvalue weighted by molar-refractivity contribution is 6.42. The predicted molar refractivity (Wildman–Crippen MR) is 89.2 cm³/mol. The Morgan fingerprint density at radius 2 is 1.86 bits per heavy atom. The molecule has 0 aliphatic carbocycles. The molecule has 0 aliphatic heterocycles. The second-order valence-corrected chi connectivity index (χ2v) is 5.94. The van der Waals surface area contributed by atoms with E-state index in [-0.39, 0.29) is 0 Å². The number of aromatic carboxylic acids is 1. The third-order valence-electron chi connectivity index (χ3n) is 3.75. The van der Waals surface area contributed by atoms with Gasteiger partial charge >= 0.3 is 5.97 Å². The normalized spacial score (nSPS) is 11.0. The fourth-order valence-corrected chi connectivity index (χ4v) is 3.06. The minimum atomic E-state index is -0.936. The molecule has 1 aromatic heterocycles. The summed E-state index contributed by atoms with van der Waals surface area (Å²) in [7, 11) is 0. The van der Waals surface area contributed by atoms with Crippen LogP contribution in [-0.2, 0) is 6.54 Å². The zero-order valence-electron chi connectivity index (χ0n) is 11.8. The molecule has 5 heteroatoms. The van der Waals surface area contributed by atoms with Gasteiger partial charge in [-0.1, -0.05) is 47.5 Å². The predicted octanol–water partition coefficient (Wildman–Crippen LogP) is 5.00. The SMILES string of the molecule is Cc1c(C(=O)O)n(Cc2ccc(Cl)c(Cl)c2)c2ccccc12. The molecule has 3 nitrogen and oxygen atoms in total. The summed E-state index contributed by atoms with van der Waals surface area (Å²) in [6.07, 6.45) is 0. The van der Waals surface area contributed by atoms with Crippen molar-refractivity contribution in [3.05, 3.63) is 69.3 Å². The Morgan fingerprint density at radius 1 is 1.14 bits per heavy atom. The number of halogens is 2. The number of para-hydroxylation sites is 1. The van der Waals surface area contributed by atoms with Gasteiger partial charge in [-0.05, 0) is 36.2 Å². The first-order valence-corrected chi connectivity index (χ1v) is 7.49. The van der Waals surface area contributed by atoms with Crippen LogP contribution in [0.1, 0.15) is 21.6 Å². The molecule has 0 fully saturated rings. The number of rotatable bonds is 3. The molecular formula is C17H13Cl2NO2. The van der Waals surface area contributed by atoms with Crippen molar-refractivity contribution < 1.29 is 9.90 Å². The molecule has 0 saturated carbocycles. The van der Waals surface area contributed by atoms with E-state index in [9.17, 15) is 9.90 Å². The lowest BCUT2D eigenvalue weighted by molar-refractivity contribution is 0.0685. The number of carboxylic acid groups (broad SMARTS) is 1. The maximum Gasteiger partial charge on any atom is 0.352 e. The molecule has 0 aliphatic rings. The van der Waals surface area contributed by atoms with Gasteiger partial charge in [0, 0.05) is 17.4 Å². The van der Waals surface area contributed by atoms with E-state index in [1.165, 1.54) is 0 Å². The average Bonchev–Trinajstić information content (AvgIpc) is 2.76. The number of hydrogen-bond acceptors (Lipinski definition) is 1.